The second kappa shape index (κ2) is 14.3. The molecule has 2 aliphatic rings. The highest BCUT2D eigenvalue weighted by Gasteiger charge is 2.51. The fraction of sp³-hybridized carbons (Fsp3) is 0.0167. The summed E-state index contributed by atoms with van der Waals surface area (Å²) >= 11 is 0. The summed E-state index contributed by atoms with van der Waals surface area (Å²) in [6, 6.07) is 79.5. The summed E-state index contributed by atoms with van der Waals surface area (Å²) in [5.74, 6) is 2.46. The van der Waals surface area contributed by atoms with E-state index in [1.165, 1.54) is 27.6 Å². The fourth-order valence-corrected chi connectivity index (χ4v) is 10.4. The number of aromatic nitrogens is 3. The second-order valence-electron chi connectivity index (χ2n) is 16.6. The lowest BCUT2D eigenvalue weighted by Gasteiger charge is -2.39. The van der Waals surface area contributed by atoms with Crippen molar-refractivity contribution in [2.24, 2.45) is 0 Å². The van der Waals surface area contributed by atoms with E-state index < -0.39 is 5.41 Å². The smallest absolute Gasteiger partial charge is 0.160 e. The molecule has 11 aromatic rings. The molecule has 0 N–H and O–H groups in total. The average molecular weight is 816 g/mol. The molecule has 1 aliphatic carbocycles. The van der Waals surface area contributed by atoms with E-state index in [4.69, 9.17) is 19.7 Å². The molecule has 4 heteroatoms. The summed E-state index contributed by atoms with van der Waals surface area (Å²) in [5.41, 5.74) is 16.7. The molecule has 0 fully saturated rings. The first-order valence-electron chi connectivity index (χ1n) is 21.8. The van der Waals surface area contributed by atoms with Gasteiger partial charge >= 0.3 is 0 Å². The van der Waals surface area contributed by atoms with Gasteiger partial charge in [0.2, 0.25) is 0 Å². The van der Waals surface area contributed by atoms with Crippen LogP contribution in [0.2, 0.25) is 0 Å². The Balaban J connectivity index is 1.06. The summed E-state index contributed by atoms with van der Waals surface area (Å²) < 4.78 is 6.68. The molecule has 4 nitrogen and oxygen atoms in total. The number of pyridine rings is 1. The Bertz CT molecular complexity index is 3540. The summed E-state index contributed by atoms with van der Waals surface area (Å²) in [6.07, 6.45) is 0. The van der Waals surface area contributed by atoms with Crippen molar-refractivity contribution in [3.8, 4) is 78.9 Å². The summed E-state index contributed by atoms with van der Waals surface area (Å²) in [4.78, 5) is 15.7. The Hall–Kier alpha value is -8.47. The normalized spacial score (nSPS) is 12.9. The lowest BCUT2D eigenvalue weighted by atomic mass is 9.66. The average Bonchev–Trinajstić information content (AvgIpc) is 3.67. The van der Waals surface area contributed by atoms with Gasteiger partial charge in [0.15, 0.2) is 5.82 Å². The zero-order chi connectivity index (χ0) is 42.2. The predicted octanol–water partition coefficient (Wildman–Crippen LogP) is 15.0. The van der Waals surface area contributed by atoms with Crippen LogP contribution in [0.4, 0.5) is 0 Å². The first kappa shape index (κ1) is 36.2. The predicted molar refractivity (Wildman–Crippen MR) is 259 cm³/mol. The minimum atomic E-state index is -0.589. The highest BCUT2D eigenvalue weighted by molar-refractivity contribution is 6.20. The lowest BCUT2D eigenvalue weighted by molar-refractivity contribution is 0.436. The number of benzene rings is 9. The van der Waals surface area contributed by atoms with Crippen molar-refractivity contribution in [1.29, 1.82) is 0 Å². The Morgan fingerprint density at radius 2 is 0.906 bits per heavy atom. The molecule has 1 aliphatic heterocycles. The van der Waals surface area contributed by atoms with Gasteiger partial charge in [0, 0.05) is 49.5 Å². The number of ether oxygens (including phenoxy) is 1. The van der Waals surface area contributed by atoms with Gasteiger partial charge in [-0.05, 0) is 69.8 Å². The SMILES string of the molecule is c1ccc(-c2cc(-c3cccc(-c4ccc5nc(-c6ccccc6)c6ccc7c(c6c5c4)-c4ccccc4C74c5ccccc5Oc5ccccc54)c3)nc(-c3ccccc3)n2)cc1. The molecule has 0 saturated heterocycles. The zero-order valence-electron chi connectivity index (χ0n) is 34.6. The van der Waals surface area contributed by atoms with E-state index in [1.807, 2.05) is 24.3 Å². The van der Waals surface area contributed by atoms with Gasteiger partial charge in [-0.25, -0.2) is 15.0 Å². The van der Waals surface area contributed by atoms with Crippen molar-refractivity contribution < 1.29 is 4.74 Å². The van der Waals surface area contributed by atoms with Gasteiger partial charge in [-0.1, -0.05) is 188 Å². The minimum absolute atomic E-state index is 0.589. The third-order valence-corrected chi connectivity index (χ3v) is 13.1. The molecule has 3 heterocycles. The van der Waals surface area contributed by atoms with Gasteiger partial charge in [-0.3, -0.25) is 0 Å². The maximum absolute atomic E-state index is 6.68. The van der Waals surface area contributed by atoms with Crippen LogP contribution in [0.3, 0.4) is 0 Å². The molecule has 0 unspecified atom stereocenters. The molecule has 2 aromatic heterocycles. The number of para-hydroxylation sites is 2. The molecule has 64 heavy (non-hydrogen) atoms. The first-order chi connectivity index (χ1) is 31.7. The highest BCUT2D eigenvalue weighted by Crippen LogP contribution is 2.63. The molecule has 0 bridgehead atoms. The second-order valence-corrected chi connectivity index (χ2v) is 16.6. The van der Waals surface area contributed by atoms with Crippen molar-refractivity contribution in [2.75, 3.05) is 0 Å². The topological polar surface area (TPSA) is 47.9 Å². The van der Waals surface area contributed by atoms with E-state index in [1.54, 1.807) is 0 Å². The number of hydrogen-bond acceptors (Lipinski definition) is 4. The van der Waals surface area contributed by atoms with E-state index in [0.29, 0.717) is 5.82 Å². The lowest BCUT2D eigenvalue weighted by Crippen LogP contribution is -2.32. The highest BCUT2D eigenvalue weighted by atomic mass is 16.5. The molecule has 1 spiro atoms. The van der Waals surface area contributed by atoms with Crippen molar-refractivity contribution in [3.63, 3.8) is 0 Å². The van der Waals surface area contributed by atoms with Gasteiger partial charge < -0.3 is 4.74 Å². The number of rotatable bonds is 5. The number of fused-ring (bicyclic) bond motifs is 13. The Morgan fingerprint density at radius 1 is 0.344 bits per heavy atom. The van der Waals surface area contributed by atoms with E-state index in [-0.39, 0.29) is 0 Å². The van der Waals surface area contributed by atoms with Gasteiger partial charge in [0.1, 0.15) is 11.5 Å². The Morgan fingerprint density at radius 3 is 1.62 bits per heavy atom. The molecular weight excluding hydrogens is 779 g/mol. The summed E-state index contributed by atoms with van der Waals surface area (Å²) in [6.45, 7) is 0. The van der Waals surface area contributed by atoms with Crippen LogP contribution < -0.4 is 4.74 Å². The maximum atomic E-state index is 6.68. The number of nitrogens with zero attached hydrogens (tertiary/aromatic N) is 3. The molecule has 9 aromatic carbocycles. The van der Waals surface area contributed by atoms with Gasteiger partial charge in [0.25, 0.3) is 0 Å². The molecule has 0 atom stereocenters. The molecule has 13 rings (SSSR count). The van der Waals surface area contributed by atoms with E-state index in [2.05, 4.69) is 200 Å². The van der Waals surface area contributed by atoms with Crippen LogP contribution in [0, 0.1) is 0 Å². The van der Waals surface area contributed by atoms with Crippen LogP contribution in [-0.4, -0.2) is 15.0 Å². The quantitative estimate of drug-likeness (QED) is 0.162. The largest absolute Gasteiger partial charge is 0.457 e. The Labute approximate surface area is 370 Å². The van der Waals surface area contributed by atoms with Crippen LogP contribution in [0.5, 0.6) is 11.5 Å². The van der Waals surface area contributed by atoms with E-state index >= 15 is 0 Å². The van der Waals surface area contributed by atoms with Crippen LogP contribution in [0.15, 0.2) is 224 Å². The van der Waals surface area contributed by atoms with Crippen LogP contribution in [0.25, 0.3) is 89.1 Å². The monoisotopic (exact) mass is 815 g/mol. The van der Waals surface area contributed by atoms with Crippen molar-refractivity contribution in [1.82, 2.24) is 15.0 Å². The van der Waals surface area contributed by atoms with Crippen molar-refractivity contribution in [3.05, 3.63) is 247 Å². The van der Waals surface area contributed by atoms with Crippen LogP contribution in [0.1, 0.15) is 22.3 Å². The van der Waals surface area contributed by atoms with Crippen molar-refractivity contribution in [2.45, 2.75) is 5.41 Å². The van der Waals surface area contributed by atoms with Crippen LogP contribution >= 0.6 is 0 Å². The molecule has 0 amide bonds. The first-order valence-corrected chi connectivity index (χ1v) is 21.8. The molecular formula is C60H37N3O. The Kier molecular flexibility index (Phi) is 8.09. The third kappa shape index (κ3) is 5.46. The van der Waals surface area contributed by atoms with Gasteiger partial charge in [-0.2, -0.15) is 0 Å². The standard InChI is InChI=1S/C60H37N3O/c1-4-17-38(18-5-1)52-37-53(63-59(62-52)40-21-8-3-9-22-40)43-24-16-23-41(35-43)42-31-34-51-46(36-42)56-45(58(61-51)39-19-6-2-7-20-39)32-33-50-57(56)44-25-10-11-26-47(44)60(50)48-27-12-14-29-54(48)64-55-30-15-13-28-49(55)60/h1-37H. The molecule has 0 saturated carbocycles. The third-order valence-electron chi connectivity index (χ3n) is 13.1. The molecule has 0 radical (unpaired) electrons. The molecule has 298 valence electrons. The van der Waals surface area contributed by atoms with E-state index in [0.717, 1.165) is 89.4 Å². The zero-order valence-corrected chi connectivity index (χ0v) is 34.6. The van der Waals surface area contributed by atoms with Gasteiger partial charge in [-0.15, -0.1) is 0 Å². The van der Waals surface area contributed by atoms with Crippen molar-refractivity contribution >= 4 is 21.7 Å². The maximum Gasteiger partial charge on any atom is 0.160 e. The van der Waals surface area contributed by atoms with Crippen LogP contribution in [-0.2, 0) is 5.41 Å². The minimum Gasteiger partial charge on any atom is -0.457 e. The number of hydrogen-bond donors (Lipinski definition) is 0. The summed E-state index contributed by atoms with van der Waals surface area (Å²) in [5, 5.41) is 3.42. The van der Waals surface area contributed by atoms with E-state index in [9.17, 15) is 0 Å². The summed E-state index contributed by atoms with van der Waals surface area (Å²) in [7, 11) is 0. The van der Waals surface area contributed by atoms with Gasteiger partial charge in [0.05, 0.1) is 28.0 Å². The fourth-order valence-electron chi connectivity index (χ4n) is 10.4.